The van der Waals surface area contributed by atoms with Gasteiger partial charge in [0.2, 0.25) is 0 Å². The predicted molar refractivity (Wildman–Crippen MR) is 140 cm³/mol. The van der Waals surface area contributed by atoms with Gasteiger partial charge >= 0.3 is 5.97 Å². The van der Waals surface area contributed by atoms with Crippen molar-refractivity contribution < 1.29 is 19.1 Å². The first-order chi connectivity index (χ1) is 17.3. The van der Waals surface area contributed by atoms with Crippen molar-refractivity contribution in [1.82, 2.24) is 15.1 Å². The highest BCUT2D eigenvalue weighted by Crippen LogP contribution is 2.36. The van der Waals surface area contributed by atoms with Crippen LogP contribution in [0.25, 0.3) is 22.4 Å². The predicted octanol–water partition coefficient (Wildman–Crippen LogP) is 5.38. The van der Waals surface area contributed by atoms with Crippen LogP contribution in [0.3, 0.4) is 0 Å². The third-order valence-corrected chi connectivity index (χ3v) is 6.09. The number of rotatable bonds is 7. The van der Waals surface area contributed by atoms with Crippen molar-refractivity contribution in [2.45, 2.75) is 13.5 Å². The number of hydrogen-bond acceptors (Lipinski definition) is 5. The SMILES string of the molecule is CNC(=O)c1cc(Cl)cc(Cn2ccc(-c3cc(OC)ccc3-c3ccc(C(=O)OC)cc3C)n2)c1. The summed E-state index contributed by atoms with van der Waals surface area (Å²) < 4.78 is 12.1. The summed E-state index contributed by atoms with van der Waals surface area (Å²) in [5.74, 6) is 0.130. The number of carbonyl (C=O) groups excluding carboxylic acids is 2. The van der Waals surface area contributed by atoms with Gasteiger partial charge in [0.15, 0.2) is 0 Å². The Balaban J connectivity index is 1.71. The molecule has 3 aromatic carbocycles. The molecule has 0 bridgehead atoms. The molecule has 0 atom stereocenters. The number of nitrogens with one attached hydrogen (secondary N) is 1. The van der Waals surface area contributed by atoms with Gasteiger partial charge in [-0.25, -0.2) is 4.79 Å². The van der Waals surface area contributed by atoms with E-state index in [4.69, 9.17) is 26.2 Å². The van der Waals surface area contributed by atoms with E-state index < -0.39 is 0 Å². The lowest BCUT2D eigenvalue weighted by Gasteiger charge is -2.13. The van der Waals surface area contributed by atoms with Crippen molar-refractivity contribution in [1.29, 1.82) is 0 Å². The van der Waals surface area contributed by atoms with Crippen LogP contribution in [0.4, 0.5) is 0 Å². The largest absolute Gasteiger partial charge is 0.497 e. The summed E-state index contributed by atoms with van der Waals surface area (Å²) in [4.78, 5) is 24.0. The molecule has 1 N–H and O–H groups in total. The fraction of sp³-hybridized carbons (Fsp3) is 0.179. The third-order valence-electron chi connectivity index (χ3n) is 5.87. The second-order valence-electron chi connectivity index (χ2n) is 8.26. The summed E-state index contributed by atoms with van der Waals surface area (Å²) in [6.45, 7) is 2.40. The fourth-order valence-electron chi connectivity index (χ4n) is 4.11. The van der Waals surface area contributed by atoms with Crippen molar-refractivity contribution in [2.75, 3.05) is 21.3 Å². The molecule has 1 heterocycles. The Morgan fingerprint density at radius 3 is 2.42 bits per heavy atom. The third kappa shape index (κ3) is 5.26. The molecule has 1 aromatic heterocycles. The van der Waals surface area contributed by atoms with E-state index in [9.17, 15) is 9.59 Å². The summed E-state index contributed by atoms with van der Waals surface area (Å²) in [5.41, 5.74) is 6.36. The van der Waals surface area contributed by atoms with Crippen LogP contribution in [0.2, 0.25) is 5.02 Å². The minimum Gasteiger partial charge on any atom is -0.497 e. The van der Waals surface area contributed by atoms with E-state index in [-0.39, 0.29) is 11.9 Å². The zero-order valence-electron chi connectivity index (χ0n) is 20.5. The highest BCUT2D eigenvalue weighted by Gasteiger charge is 2.16. The molecule has 8 heteroatoms. The summed E-state index contributed by atoms with van der Waals surface area (Å²) in [6.07, 6.45) is 1.88. The average Bonchev–Trinajstić information content (AvgIpc) is 3.35. The van der Waals surface area contributed by atoms with E-state index >= 15 is 0 Å². The molecule has 0 aliphatic rings. The molecular weight excluding hydrogens is 478 g/mol. The number of halogens is 1. The topological polar surface area (TPSA) is 82.5 Å². The number of aryl methyl sites for hydroxylation is 1. The van der Waals surface area contributed by atoms with Gasteiger partial charge in [0.1, 0.15) is 5.75 Å². The zero-order chi connectivity index (χ0) is 25.8. The van der Waals surface area contributed by atoms with Gasteiger partial charge in [0.05, 0.1) is 32.0 Å². The minimum atomic E-state index is -0.376. The van der Waals surface area contributed by atoms with Crippen LogP contribution in [-0.2, 0) is 11.3 Å². The number of aromatic nitrogens is 2. The molecule has 0 unspecified atom stereocenters. The average molecular weight is 504 g/mol. The van der Waals surface area contributed by atoms with E-state index in [0.717, 1.165) is 33.5 Å². The summed E-state index contributed by atoms with van der Waals surface area (Å²) in [5, 5.41) is 7.90. The molecule has 7 nitrogen and oxygen atoms in total. The molecule has 4 rings (SSSR count). The fourth-order valence-corrected chi connectivity index (χ4v) is 4.36. The molecule has 0 fully saturated rings. The Morgan fingerprint density at radius 1 is 0.944 bits per heavy atom. The summed E-state index contributed by atoms with van der Waals surface area (Å²) in [6, 6.07) is 18.5. The molecular formula is C28H26ClN3O4. The van der Waals surface area contributed by atoms with Gasteiger partial charge in [0, 0.05) is 29.4 Å². The summed E-state index contributed by atoms with van der Waals surface area (Å²) in [7, 11) is 4.57. The molecule has 184 valence electrons. The molecule has 36 heavy (non-hydrogen) atoms. The van der Waals surface area contributed by atoms with Gasteiger partial charge in [0.25, 0.3) is 5.91 Å². The maximum atomic E-state index is 12.1. The van der Waals surface area contributed by atoms with Gasteiger partial charge in [-0.1, -0.05) is 23.7 Å². The first kappa shape index (κ1) is 25.0. The Labute approximate surface area is 214 Å². The number of nitrogens with zero attached hydrogens (tertiary/aromatic N) is 2. The van der Waals surface area contributed by atoms with Crippen LogP contribution in [-0.4, -0.2) is 42.9 Å². The smallest absolute Gasteiger partial charge is 0.337 e. The van der Waals surface area contributed by atoms with Crippen molar-refractivity contribution in [3.63, 3.8) is 0 Å². The summed E-state index contributed by atoms with van der Waals surface area (Å²) >= 11 is 6.24. The number of carbonyl (C=O) groups is 2. The minimum absolute atomic E-state index is 0.200. The first-order valence-electron chi connectivity index (χ1n) is 11.3. The second-order valence-corrected chi connectivity index (χ2v) is 8.70. The normalized spacial score (nSPS) is 10.7. The number of amides is 1. The second kappa shape index (κ2) is 10.7. The van der Waals surface area contributed by atoms with Crippen LogP contribution in [0.1, 0.15) is 31.8 Å². The lowest BCUT2D eigenvalue weighted by atomic mass is 9.93. The number of esters is 1. The monoisotopic (exact) mass is 503 g/mol. The van der Waals surface area contributed by atoms with Crippen molar-refractivity contribution in [3.8, 4) is 28.1 Å². The molecule has 0 spiro atoms. The van der Waals surface area contributed by atoms with Crippen LogP contribution < -0.4 is 10.1 Å². The van der Waals surface area contributed by atoms with Gasteiger partial charge in [-0.05, 0) is 77.7 Å². The maximum Gasteiger partial charge on any atom is 0.337 e. The van der Waals surface area contributed by atoms with Gasteiger partial charge in [-0.3, -0.25) is 9.48 Å². The Bertz CT molecular complexity index is 1440. The highest BCUT2D eigenvalue weighted by molar-refractivity contribution is 6.31. The van der Waals surface area contributed by atoms with Crippen molar-refractivity contribution in [3.05, 3.63) is 94.1 Å². The van der Waals surface area contributed by atoms with E-state index in [0.29, 0.717) is 28.4 Å². The van der Waals surface area contributed by atoms with Crippen LogP contribution in [0, 0.1) is 6.92 Å². The number of benzene rings is 3. The van der Waals surface area contributed by atoms with E-state index in [1.54, 1.807) is 37.0 Å². The van der Waals surface area contributed by atoms with E-state index in [2.05, 4.69) is 5.32 Å². The van der Waals surface area contributed by atoms with Crippen LogP contribution >= 0.6 is 11.6 Å². The molecule has 0 radical (unpaired) electrons. The van der Waals surface area contributed by atoms with E-state index in [1.165, 1.54) is 7.11 Å². The molecule has 4 aromatic rings. The molecule has 1 amide bonds. The number of methoxy groups -OCH3 is 2. The highest BCUT2D eigenvalue weighted by atomic mass is 35.5. The Hall–Kier alpha value is -4.10. The maximum absolute atomic E-state index is 12.1. The standard InChI is InChI=1S/C28H26ClN3O4/c1-17-11-19(28(34)36-4)5-7-23(17)24-8-6-22(35-3)15-25(24)26-9-10-32(31-26)16-18-12-20(27(33)30-2)14-21(29)13-18/h5-15H,16H2,1-4H3,(H,30,33). The van der Waals surface area contributed by atoms with Crippen molar-refractivity contribution in [2.24, 2.45) is 0 Å². The first-order valence-corrected chi connectivity index (χ1v) is 11.6. The van der Waals surface area contributed by atoms with Gasteiger partial charge < -0.3 is 14.8 Å². The lowest BCUT2D eigenvalue weighted by Crippen LogP contribution is -2.18. The molecule has 0 aliphatic heterocycles. The van der Waals surface area contributed by atoms with Crippen LogP contribution in [0.5, 0.6) is 5.75 Å². The van der Waals surface area contributed by atoms with E-state index in [1.807, 2.05) is 55.6 Å². The lowest BCUT2D eigenvalue weighted by molar-refractivity contribution is 0.0600. The van der Waals surface area contributed by atoms with Crippen molar-refractivity contribution >= 4 is 23.5 Å². The molecule has 0 saturated heterocycles. The molecule has 0 aliphatic carbocycles. The number of hydrogen-bond donors (Lipinski definition) is 1. The van der Waals surface area contributed by atoms with Gasteiger partial charge in [-0.2, -0.15) is 5.10 Å². The Morgan fingerprint density at radius 2 is 1.72 bits per heavy atom. The van der Waals surface area contributed by atoms with Crippen LogP contribution in [0.15, 0.2) is 66.9 Å². The molecule has 0 saturated carbocycles. The zero-order valence-corrected chi connectivity index (χ0v) is 21.2. The van der Waals surface area contributed by atoms with Gasteiger partial charge in [-0.15, -0.1) is 0 Å². The number of ether oxygens (including phenoxy) is 2. The quantitative estimate of drug-likeness (QED) is 0.342. The Kier molecular flexibility index (Phi) is 7.41.